The van der Waals surface area contributed by atoms with Gasteiger partial charge in [0.15, 0.2) is 0 Å². The fourth-order valence-electron chi connectivity index (χ4n) is 1.82. The quantitative estimate of drug-likeness (QED) is 0.403. The van der Waals surface area contributed by atoms with Crippen molar-refractivity contribution in [3.8, 4) is 11.5 Å². The molecule has 0 N–H and O–H groups in total. The minimum Gasteiger partial charge on any atom is -0.420 e. The molecule has 3 aromatic rings. The van der Waals surface area contributed by atoms with Gasteiger partial charge in [0, 0.05) is 22.6 Å². The molecule has 0 saturated carbocycles. The molecule has 1 heterocycles. The maximum atomic E-state index is 10.6. The Labute approximate surface area is 130 Å². The number of hydrogen-bond donors (Lipinski definition) is 0. The van der Waals surface area contributed by atoms with E-state index in [-0.39, 0.29) is 5.69 Å². The zero-order valence-electron chi connectivity index (χ0n) is 11.4. The van der Waals surface area contributed by atoms with Crippen molar-refractivity contribution in [1.29, 1.82) is 0 Å². The highest BCUT2D eigenvalue weighted by atomic mass is 32.2. The van der Waals surface area contributed by atoms with Gasteiger partial charge in [0.1, 0.15) is 0 Å². The molecule has 0 aliphatic rings. The minimum atomic E-state index is -0.445. The summed E-state index contributed by atoms with van der Waals surface area (Å²) >= 11 is 1.60. The lowest BCUT2D eigenvalue weighted by molar-refractivity contribution is -0.384. The van der Waals surface area contributed by atoms with Crippen molar-refractivity contribution >= 4 is 17.4 Å². The van der Waals surface area contributed by atoms with Gasteiger partial charge in [-0.3, -0.25) is 10.1 Å². The van der Waals surface area contributed by atoms with E-state index in [1.165, 1.54) is 12.1 Å². The molecule has 3 rings (SSSR count). The van der Waals surface area contributed by atoms with Crippen LogP contribution in [-0.4, -0.2) is 15.1 Å². The van der Waals surface area contributed by atoms with Crippen molar-refractivity contribution in [3.05, 3.63) is 70.6 Å². The molecule has 0 saturated heterocycles. The number of nitro groups is 1. The number of rotatable bonds is 5. The third-order valence-corrected chi connectivity index (χ3v) is 3.89. The zero-order valence-corrected chi connectivity index (χ0v) is 12.2. The lowest BCUT2D eigenvalue weighted by atomic mass is 10.2. The van der Waals surface area contributed by atoms with Crippen LogP contribution in [0, 0.1) is 10.1 Å². The zero-order chi connectivity index (χ0) is 15.4. The molecule has 2 aromatic carbocycles. The lowest BCUT2D eigenvalue weighted by Gasteiger charge is -1.97. The third-order valence-electron chi connectivity index (χ3n) is 2.90. The standard InChI is InChI=1S/C15H11N3O3S/c19-18(20)12-8-6-11(7-9-12)15-17-16-14(21-15)10-22-13-4-2-1-3-5-13/h1-9H,10H2. The molecule has 0 bridgehead atoms. The van der Waals surface area contributed by atoms with Crippen LogP contribution in [0.3, 0.4) is 0 Å². The van der Waals surface area contributed by atoms with Crippen molar-refractivity contribution in [1.82, 2.24) is 10.2 Å². The van der Waals surface area contributed by atoms with Crippen molar-refractivity contribution < 1.29 is 9.34 Å². The van der Waals surface area contributed by atoms with E-state index in [0.717, 1.165) is 4.90 Å². The number of thioether (sulfide) groups is 1. The maximum absolute atomic E-state index is 10.6. The summed E-state index contributed by atoms with van der Waals surface area (Å²) in [6.07, 6.45) is 0. The second-order valence-corrected chi connectivity index (χ2v) is 5.46. The van der Waals surface area contributed by atoms with Gasteiger partial charge in [-0.25, -0.2) is 0 Å². The number of aromatic nitrogens is 2. The van der Waals surface area contributed by atoms with Crippen LogP contribution in [0.25, 0.3) is 11.5 Å². The van der Waals surface area contributed by atoms with E-state index in [2.05, 4.69) is 10.2 Å². The molecular weight excluding hydrogens is 302 g/mol. The first-order valence-corrected chi connectivity index (χ1v) is 7.46. The molecule has 0 atom stereocenters. The van der Waals surface area contributed by atoms with E-state index in [9.17, 15) is 10.1 Å². The molecule has 0 spiro atoms. The van der Waals surface area contributed by atoms with Gasteiger partial charge in [0.05, 0.1) is 10.7 Å². The van der Waals surface area contributed by atoms with Crippen LogP contribution in [-0.2, 0) is 5.75 Å². The van der Waals surface area contributed by atoms with Crippen LogP contribution in [0.5, 0.6) is 0 Å². The van der Waals surface area contributed by atoms with Crippen LogP contribution in [0.2, 0.25) is 0 Å². The first-order chi connectivity index (χ1) is 10.7. The van der Waals surface area contributed by atoms with E-state index in [1.54, 1.807) is 23.9 Å². The average Bonchev–Trinajstić information content (AvgIpc) is 3.03. The lowest BCUT2D eigenvalue weighted by Crippen LogP contribution is -1.87. The Balaban J connectivity index is 1.69. The van der Waals surface area contributed by atoms with Crippen LogP contribution < -0.4 is 0 Å². The second-order valence-electron chi connectivity index (χ2n) is 4.41. The van der Waals surface area contributed by atoms with Crippen LogP contribution in [0.4, 0.5) is 5.69 Å². The van der Waals surface area contributed by atoms with E-state index in [4.69, 9.17) is 4.42 Å². The van der Waals surface area contributed by atoms with Gasteiger partial charge in [-0.1, -0.05) is 18.2 Å². The minimum absolute atomic E-state index is 0.0307. The smallest absolute Gasteiger partial charge is 0.269 e. The molecule has 0 aliphatic heterocycles. The Morgan fingerprint density at radius 3 is 2.45 bits per heavy atom. The summed E-state index contributed by atoms with van der Waals surface area (Å²) in [5.41, 5.74) is 0.692. The summed E-state index contributed by atoms with van der Waals surface area (Å²) in [4.78, 5) is 11.3. The molecule has 1 aromatic heterocycles. The molecule has 0 radical (unpaired) electrons. The SMILES string of the molecule is O=[N+]([O-])c1ccc(-c2nnc(CSc3ccccc3)o2)cc1. The molecular formula is C15H11N3O3S. The number of benzene rings is 2. The van der Waals surface area contributed by atoms with E-state index in [1.807, 2.05) is 30.3 Å². The molecule has 110 valence electrons. The van der Waals surface area contributed by atoms with Gasteiger partial charge < -0.3 is 4.42 Å². The molecule has 0 amide bonds. The number of hydrogen-bond acceptors (Lipinski definition) is 6. The average molecular weight is 313 g/mol. The molecule has 6 nitrogen and oxygen atoms in total. The van der Waals surface area contributed by atoms with Gasteiger partial charge in [0.2, 0.25) is 11.8 Å². The summed E-state index contributed by atoms with van der Waals surface area (Å²) in [7, 11) is 0. The fraction of sp³-hybridized carbons (Fsp3) is 0.0667. The fourth-order valence-corrected chi connectivity index (χ4v) is 2.57. The highest BCUT2D eigenvalue weighted by molar-refractivity contribution is 7.98. The monoisotopic (exact) mass is 313 g/mol. The van der Waals surface area contributed by atoms with Crippen molar-refractivity contribution in [2.75, 3.05) is 0 Å². The number of nitrogens with zero attached hydrogens (tertiary/aromatic N) is 3. The summed E-state index contributed by atoms with van der Waals surface area (Å²) < 4.78 is 5.58. The van der Waals surface area contributed by atoms with Gasteiger partial charge in [-0.05, 0) is 24.3 Å². The predicted octanol–water partition coefficient (Wildman–Crippen LogP) is 3.94. The van der Waals surface area contributed by atoms with Crippen molar-refractivity contribution in [2.45, 2.75) is 10.6 Å². The summed E-state index contributed by atoms with van der Waals surface area (Å²) in [6, 6.07) is 16.0. The Morgan fingerprint density at radius 2 is 1.77 bits per heavy atom. The Bertz CT molecular complexity index is 772. The largest absolute Gasteiger partial charge is 0.420 e. The topological polar surface area (TPSA) is 82.1 Å². The predicted molar refractivity (Wildman–Crippen MR) is 82.4 cm³/mol. The Morgan fingerprint density at radius 1 is 1.05 bits per heavy atom. The first kappa shape index (κ1) is 14.3. The van der Waals surface area contributed by atoms with E-state index >= 15 is 0 Å². The van der Waals surface area contributed by atoms with Gasteiger partial charge in [-0.2, -0.15) is 0 Å². The van der Waals surface area contributed by atoms with Gasteiger partial charge in [-0.15, -0.1) is 22.0 Å². The van der Waals surface area contributed by atoms with Crippen molar-refractivity contribution in [2.24, 2.45) is 0 Å². The van der Waals surface area contributed by atoms with Crippen LogP contribution in [0.15, 0.2) is 63.9 Å². The Hall–Kier alpha value is -2.67. The third kappa shape index (κ3) is 3.32. The molecule has 0 aliphatic carbocycles. The maximum Gasteiger partial charge on any atom is 0.269 e. The summed E-state index contributed by atoms with van der Waals surface area (Å²) in [6.45, 7) is 0. The number of non-ortho nitro benzene ring substituents is 1. The summed E-state index contributed by atoms with van der Waals surface area (Å²) in [5.74, 6) is 1.45. The highest BCUT2D eigenvalue weighted by Gasteiger charge is 2.11. The highest BCUT2D eigenvalue weighted by Crippen LogP contribution is 2.25. The first-order valence-electron chi connectivity index (χ1n) is 6.47. The molecule has 0 fully saturated rings. The number of nitro benzene ring substituents is 1. The van der Waals surface area contributed by atoms with Gasteiger partial charge in [0.25, 0.3) is 5.69 Å². The second kappa shape index (κ2) is 6.40. The summed E-state index contributed by atoms with van der Waals surface area (Å²) in [5, 5.41) is 18.6. The molecule has 0 unspecified atom stereocenters. The molecule has 22 heavy (non-hydrogen) atoms. The van der Waals surface area contributed by atoms with Gasteiger partial charge >= 0.3 is 0 Å². The normalized spacial score (nSPS) is 10.5. The van der Waals surface area contributed by atoms with E-state index in [0.29, 0.717) is 23.1 Å². The van der Waals surface area contributed by atoms with Crippen molar-refractivity contribution in [3.63, 3.8) is 0 Å². The van der Waals surface area contributed by atoms with Crippen LogP contribution in [0.1, 0.15) is 5.89 Å². The Kier molecular flexibility index (Phi) is 4.15. The van der Waals surface area contributed by atoms with Crippen LogP contribution >= 0.6 is 11.8 Å². The van der Waals surface area contributed by atoms with E-state index < -0.39 is 4.92 Å². The molecule has 7 heteroatoms.